The van der Waals surface area contributed by atoms with E-state index in [0.29, 0.717) is 18.5 Å². The molecule has 0 amide bonds. The van der Waals surface area contributed by atoms with E-state index in [-0.39, 0.29) is 0 Å². The summed E-state index contributed by atoms with van der Waals surface area (Å²) in [6, 6.07) is 16.6. The lowest BCUT2D eigenvalue weighted by Crippen LogP contribution is -2.32. The van der Waals surface area contributed by atoms with Crippen LogP contribution in [0.5, 0.6) is 11.6 Å². The molecule has 6 nitrogen and oxygen atoms in total. The van der Waals surface area contributed by atoms with Gasteiger partial charge in [0, 0.05) is 43.2 Å². The minimum atomic E-state index is 0.435. The van der Waals surface area contributed by atoms with Crippen LogP contribution in [0.3, 0.4) is 0 Å². The van der Waals surface area contributed by atoms with Gasteiger partial charge in [-0.15, -0.1) is 0 Å². The van der Waals surface area contributed by atoms with Crippen molar-refractivity contribution in [3.63, 3.8) is 0 Å². The monoisotopic (exact) mass is 419 g/mol. The van der Waals surface area contributed by atoms with Gasteiger partial charge in [0.15, 0.2) is 0 Å². The fourth-order valence-electron chi connectivity index (χ4n) is 4.12. The highest BCUT2D eigenvalue weighted by molar-refractivity contribution is 5.70. The molecule has 3 heterocycles. The van der Waals surface area contributed by atoms with Gasteiger partial charge in [-0.05, 0) is 61.3 Å². The van der Waals surface area contributed by atoms with E-state index in [1.54, 1.807) is 26.6 Å². The van der Waals surface area contributed by atoms with E-state index in [2.05, 4.69) is 27.0 Å². The fourth-order valence-corrected chi connectivity index (χ4v) is 4.12. The molecule has 1 aromatic carbocycles. The Morgan fingerprint density at radius 3 is 2.74 bits per heavy atom. The molecule has 3 aromatic rings. The van der Waals surface area contributed by atoms with Gasteiger partial charge >= 0.3 is 0 Å². The maximum atomic E-state index is 6.21. The average Bonchev–Trinajstić information content (AvgIpc) is 3.25. The lowest BCUT2D eigenvalue weighted by molar-refractivity contribution is 0.111. The molecular formula is C25H29N3O3. The summed E-state index contributed by atoms with van der Waals surface area (Å²) in [6.45, 7) is 3.06. The van der Waals surface area contributed by atoms with Gasteiger partial charge in [0.1, 0.15) is 12.4 Å². The Balaban J connectivity index is 1.63. The molecule has 1 atom stereocenters. The summed E-state index contributed by atoms with van der Waals surface area (Å²) in [4.78, 5) is 11.2. The van der Waals surface area contributed by atoms with Gasteiger partial charge in [0.2, 0.25) is 5.88 Å². The minimum absolute atomic E-state index is 0.435. The van der Waals surface area contributed by atoms with Crippen LogP contribution in [0.4, 0.5) is 0 Å². The van der Waals surface area contributed by atoms with Crippen LogP contribution in [0.2, 0.25) is 0 Å². The Morgan fingerprint density at radius 1 is 1.03 bits per heavy atom. The number of likely N-dealkylation sites (tertiary alicyclic amines) is 1. The molecule has 2 aromatic heterocycles. The molecule has 0 unspecified atom stereocenters. The normalized spacial score (nSPS) is 16.4. The number of hydrogen-bond donors (Lipinski definition) is 0. The molecule has 1 aliphatic rings. The van der Waals surface area contributed by atoms with Crippen molar-refractivity contribution in [2.75, 3.05) is 27.4 Å². The van der Waals surface area contributed by atoms with Crippen molar-refractivity contribution in [3.05, 3.63) is 72.2 Å². The van der Waals surface area contributed by atoms with E-state index < -0.39 is 0 Å². The molecule has 0 spiro atoms. The third-order valence-electron chi connectivity index (χ3n) is 5.67. The van der Waals surface area contributed by atoms with Crippen LogP contribution in [0.25, 0.3) is 11.1 Å². The molecule has 0 saturated carbocycles. The van der Waals surface area contributed by atoms with E-state index in [4.69, 9.17) is 14.2 Å². The third kappa shape index (κ3) is 5.21. The summed E-state index contributed by atoms with van der Waals surface area (Å²) in [6.07, 6.45) is 5.88. The molecule has 4 rings (SSSR count). The first-order chi connectivity index (χ1) is 15.3. The van der Waals surface area contributed by atoms with Crippen LogP contribution in [0, 0.1) is 0 Å². The number of rotatable bonds is 9. The van der Waals surface area contributed by atoms with Crippen LogP contribution in [0.1, 0.15) is 24.1 Å². The first kappa shape index (κ1) is 21.3. The van der Waals surface area contributed by atoms with Crippen molar-refractivity contribution in [2.45, 2.75) is 32.0 Å². The second-order valence-corrected chi connectivity index (χ2v) is 7.71. The van der Waals surface area contributed by atoms with Crippen molar-refractivity contribution in [1.82, 2.24) is 14.9 Å². The first-order valence-corrected chi connectivity index (χ1v) is 10.7. The zero-order valence-electron chi connectivity index (χ0n) is 18.2. The molecule has 1 fully saturated rings. The van der Waals surface area contributed by atoms with E-state index in [9.17, 15) is 0 Å². The van der Waals surface area contributed by atoms with E-state index in [1.807, 2.05) is 36.4 Å². The smallest absolute Gasteiger partial charge is 0.221 e. The van der Waals surface area contributed by atoms with Gasteiger partial charge in [-0.3, -0.25) is 9.88 Å². The minimum Gasteiger partial charge on any atom is -0.487 e. The van der Waals surface area contributed by atoms with Crippen molar-refractivity contribution in [2.24, 2.45) is 0 Å². The highest BCUT2D eigenvalue weighted by Crippen LogP contribution is 2.33. The number of pyridine rings is 2. The summed E-state index contributed by atoms with van der Waals surface area (Å²) < 4.78 is 17.1. The average molecular weight is 420 g/mol. The Kier molecular flexibility index (Phi) is 7.12. The van der Waals surface area contributed by atoms with Crippen molar-refractivity contribution >= 4 is 0 Å². The number of ether oxygens (including phenoxy) is 3. The topological polar surface area (TPSA) is 56.7 Å². The molecule has 0 N–H and O–H groups in total. The highest BCUT2D eigenvalue weighted by atomic mass is 16.5. The van der Waals surface area contributed by atoms with Crippen molar-refractivity contribution < 1.29 is 14.2 Å². The summed E-state index contributed by atoms with van der Waals surface area (Å²) in [7, 11) is 3.42. The summed E-state index contributed by atoms with van der Waals surface area (Å²) in [5.74, 6) is 1.49. The molecule has 31 heavy (non-hydrogen) atoms. The molecule has 1 saturated heterocycles. The fraction of sp³-hybridized carbons (Fsp3) is 0.360. The maximum absolute atomic E-state index is 6.21. The van der Waals surface area contributed by atoms with Crippen LogP contribution in [-0.4, -0.2) is 48.3 Å². The van der Waals surface area contributed by atoms with Crippen LogP contribution >= 0.6 is 0 Å². The molecule has 1 aliphatic heterocycles. The predicted molar refractivity (Wildman–Crippen MR) is 120 cm³/mol. The van der Waals surface area contributed by atoms with E-state index in [0.717, 1.165) is 54.3 Å². The van der Waals surface area contributed by atoms with Gasteiger partial charge < -0.3 is 14.2 Å². The predicted octanol–water partition coefficient (Wildman–Crippen LogP) is 4.34. The Labute approximate surface area is 183 Å². The quantitative estimate of drug-likeness (QED) is 0.514. The number of benzene rings is 1. The molecule has 162 valence electrons. The van der Waals surface area contributed by atoms with Crippen molar-refractivity contribution in [1.29, 1.82) is 0 Å². The van der Waals surface area contributed by atoms with Crippen LogP contribution < -0.4 is 9.47 Å². The first-order valence-electron chi connectivity index (χ1n) is 10.7. The standard InChI is InChI=1S/C25H29N3O3/c1-29-18-22-8-6-14-28(22)16-20-15-19(23-9-5-13-27-25(23)30-2)10-11-24(20)31-17-21-7-3-4-12-26-21/h3-5,7,9-13,15,22H,6,8,14,16-18H2,1-2H3/t22-/m0/s1. The van der Waals surface area contributed by atoms with Gasteiger partial charge in [-0.1, -0.05) is 12.1 Å². The van der Waals surface area contributed by atoms with Gasteiger partial charge in [-0.25, -0.2) is 4.98 Å². The van der Waals surface area contributed by atoms with Crippen LogP contribution in [-0.2, 0) is 17.9 Å². The highest BCUT2D eigenvalue weighted by Gasteiger charge is 2.25. The molecule has 6 heteroatoms. The number of methoxy groups -OCH3 is 2. The second kappa shape index (κ2) is 10.4. The molecular weight excluding hydrogens is 390 g/mol. The number of hydrogen-bond acceptors (Lipinski definition) is 6. The van der Waals surface area contributed by atoms with E-state index >= 15 is 0 Å². The zero-order chi connectivity index (χ0) is 21.5. The number of aromatic nitrogens is 2. The largest absolute Gasteiger partial charge is 0.487 e. The Morgan fingerprint density at radius 2 is 1.94 bits per heavy atom. The Hall–Kier alpha value is -2.96. The lowest BCUT2D eigenvalue weighted by Gasteiger charge is -2.25. The summed E-state index contributed by atoms with van der Waals surface area (Å²) in [5, 5.41) is 0. The molecule has 0 aliphatic carbocycles. The zero-order valence-corrected chi connectivity index (χ0v) is 18.2. The van der Waals surface area contributed by atoms with Crippen LogP contribution in [0.15, 0.2) is 60.9 Å². The second-order valence-electron chi connectivity index (χ2n) is 7.71. The van der Waals surface area contributed by atoms with Gasteiger partial charge in [-0.2, -0.15) is 0 Å². The molecule has 0 bridgehead atoms. The van der Waals surface area contributed by atoms with Gasteiger partial charge in [0.05, 0.1) is 19.4 Å². The van der Waals surface area contributed by atoms with E-state index in [1.165, 1.54) is 6.42 Å². The third-order valence-corrected chi connectivity index (χ3v) is 5.67. The van der Waals surface area contributed by atoms with Gasteiger partial charge in [0.25, 0.3) is 0 Å². The summed E-state index contributed by atoms with van der Waals surface area (Å²) in [5.41, 5.74) is 4.08. The maximum Gasteiger partial charge on any atom is 0.221 e. The molecule has 0 radical (unpaired) electrons. The lowest BCUT2D eigenvalue weighted by atomic mass is 10.0. The van der Waals surface area contributed by atoms with Crippen molar-refractivity contribution in [3.8, 4) is 22.8 Å². The number of nitrogens with zero attached hydrogens (tertiary/aromatic N) is 3. The summed E-state index contributed by atoms with van der Waals surface area (Å²) >= 11 is 0. The Bertz CT molecular complexity index is 981. The SMILES string of the molecule is COC[C@@H]1CCCN1Cc1cc(-c2cccnc2OC)ccc1OCc1ccccn1.